The molecule has 0 fully saturated rings. The molecule has 22 heavy (non-hydrogen) atoms. The molecule has 7 heteroatoms. The summed E-state index contributed by atoms with van der Waals surface area (Å²) in [5.74, 6) is -0.0778. The minimum absolute atomic E-state index is 0.0778. The minimum atomic E-state index is -0.0778. The molecule has 0 unspecified atom stereocenters. The first-order valence-electron chi connectivity index (χ1n) is 6.92. The lowest BCUT2D eigenvalue weighted by atomic mass is 10.1. The molecule has 2 rings (SSSR count). The number of amides is 1. The van der Waals surface area contributed by atoms with Crippen molar-refractivity contribution in [3.8, 4) is 0 Å². The standard InChI is InChI=1S/C15H20N4O2S/c1-10(8-21-3)16-15-19-18-14(9-22-15)12-4-6-13(7-5-12)17-11(2)20/h4-7,9-10,18H,8H2,1-3H3,(H,16,19)(H,17,20)/t10-/m1/s1. The summed E-state index contributed by atoms with van der Waals surface area (Å²) in [6.07, 6.45) is 0. The lowest BCUT2D eigenvalue weighted by molar-refractivity contribution is -0.114. The number of hydrogen-bond donors (Lipinski definition) is 3. The number of hydrogen-bond acceptors (Lipinski definition) is 5. The summed E-state index contributed by atoms with van der Waals surface area (Å²) < 4.78 is 5.06. The SMILES string of the molecule is COC[C@@H](C)N=C1NNC(c2ccc(NC(C)=O)cc2)=CS1. The van der Waals surface area contributed by atoms with Crippen LogP contribution in [0.4, 0.5) is 5.69 Å². The van der Waals surface area contributed by atoms with E-state index in [4.69, 9.17) is 4.74 Å². The van der Waals surface area contributed by atoms with Crippen molar-refractivity contribution in [2.45, 2.75) is 19.9 Å². The highest BCUT2D eigenvalue weighted by molar-refractivity contribution is 8.16. The van der Waals surface area contributed by atoms with E-state index in [1.807, 2.05) is 36.6 Å². The summed E-state index contributed by atoms with van der Waals surface area (Å²) in [6.45, 7) is 4.08. The third-order valence-corrected chi connectivity index (χ3v) is 3.64. The number of hydrazine groups is 1. The van der Waals surface area contributed by atoms with Gasteiger partial charge in [0.2, 0.25) is 5.91 Å². The second kappa shape index (κ2) is 7.86. The Morgan fingerprint density at radius 2 is 2.09 bits per heavy atom. The van der Waals surface area contributed by atoms with Gasteiger partial charge in [-0.05, 0) is 19.1 Å². The normalized spacial score (nSPS) is 17.2. The first-order valence-corrected chi connectivity index (χ1v) is 7.80. The summed E-state index contributed by atoms with van der Waals surface area (Å²) in [7, 11) is 1.67. The van der Waals surface area contributed by atoms with E-state index in [0.717, 1.165) is 22.1 Å². The molecule has 0 bridgehead atoms. The van der Waals surface area contributed by atoms with E-state index in [1.165, 1.54) is 18.7 Å². The Balaban J connectivity index is 2.00. The maximum absolute atomic E-state index is 11.0. The molecule has 3 N–H and O–H groups in total. The van der Waals surface area contributed by atoms with Crippen molar-refractivity contribution in [3.63, 3.8) is 0 Å². The third-order valence-electron chi connectivity index (χ3n) is 2.85. The number of rotatable bonds is 5. The molecule has 1 aliphatic heterocycles. The number of methoxy groups -OCH3 is 1. The van der Waals surface area contributed by atoms with Gasteiger partial charge >= 0.3 is 0 Å². The Hall–Kier alpha value is -1.99. The zero-order valence-corrected chi connectivity index (χ0v) is 13.7. The molecular formula is C15H20N4O2S. The topological polar surface area (TPSA) is 74.8 Å². The van der Waals surface area contributed by atoms with Crippen LogP contribution in [0, 0.1) is 0 Å². The van der Waals surface area contributed by atoms with Gasteiger partial charge in [0, 0.05) is 30.7 Å². The van der Waals surface area contributed by atoms with Crippen LogP contribution in [0.5, 0.6) is 0 Å². The molecule has 1 atom stereocenters. The zero-order valence-electron chi connectivity index (χ0n) is 12.8. The van der Waals surface area contributed by atoms with Gasteiger partial charge in [-0.1, -0.05) is 23.9 Å². The Bertz CT molecular complexity index is 584. The molecular weight excluding hydrogens is 300 g/mol. The van der Waals surface area contributed by atoms with Crippen molar-refractivity contribution in [1.29, 1.82) is 0 Å². The number of nitrogens with one attached hydrogen (secondary N) is 3. The first-order chi connectivity index (χ1) is 10.6. The number of ether oxygens (including phenoxy) is 1. The molecule has 6 nitrogen and oxygen atoms in total. The van der Waals surface area contributed by atoms with Gasteiger partial charge in [0.15, 0.2) is 5.17 Å². The monoisotopic (exact) mass is 320 g/mol. The highest BCUT2D eigenvalue weighted by atomic mass is 32.2. The molecule has 1 aromatic carbocycles. The number of carbonyl (C=O) groups excluding carboxylic acids is 1. The average molecular weight is 320 g/mol. The fraction of sp³-hybridized carbons (Fsp3) is 0.333. The van der Waals surface area contributed by atoms with Gasteiger partial charge in [-0.3, -0.25) is 20.6 Å². The van der Waals surface area contributed by atoms with Gasteiger partial charge in [0.1, 0.15) is 0 Å². The minimum Gasteiger partial charge on any atom is -0.382 e. The van der Waals surface area contributed by atoms with Crippen LogP contribution in [0.25, 0.3) is 5.70 Å². The molecule has 1 aliphatic rings. The number of anilines is 1. The maximum atomic E-state index is 11.0. The van der Waals surface area contributed by atoms with Gasteiger partial charge in [0.05, 0.1) is 18.3 Å². The Kier molecular flexibility index (Phi) is 5.85. The molecule has 0 spiro atoms. The number of amidine groups is 1. The molecule has 1 aromatic rings. The van der Waals surface area contributed by atoms with Crippen molar-refractivity contribution in [2.24, 2.45) is 4.99 Å². The van der Waals surface area contributed by atoms with Crippen molar-refractivity contribution >= 4 is 34.2 Å². The molecule has 0 saturated heterocycles. The second-order valence-corrected chi connectivity index (χ2v) is 5.75. The van der Waals surface area contributed by atoms with E-state index in [1.54, 1.807) is 7.11 Å². The molecule has 0 radical (unpaired) electrons. The van der Waals surface area contributed by atoms with Crippen molar-refractivity contribution in [1.82, 2.24) is 10.9 Å². The predicted molar refractivity (Wildman–Crippen MR) is 91.4 cm³/mol. The lowest BCUT2D eigenvalue weighted by Gasteiger charge is -2.20. The summed E-state index contributed by atoms with van der Waals surface area (Å²) >= 11 is 1.52. The van der Waals surface area contributed by atoms with E-state index in [-0.39, 0.29) is 11.9 Å². The van der Waals surface area contributed by atoms with Crippen LogP contribution in [0.15, 0.2) is 34.7 Å². The van der Waals surface area contributed by atoms with E-state index in [0.29, 0.717) is 6.61 Å². The third kappa shape index (κ3) is 4.78. The van der Waals surface area contributed by atoms with Gasteiger partial charge in [-0.25, -0.2) is 0 Å². The molecule has 118 valence electrons. The van der Waals surface area contributed by atoms with Gasteiger partial charge in [-0.15, -0.1) is 0 Å². The molecule has 0 aliphatic carbocycles. The van der Waals surface area contributed by atoms with Crippen LogP contribution >= 0.6 is 11.8 Å². The van der Waals surface area contributed by atoms with Crippen LogP contribution in [0.1, 0.15) is 19.4 Å². The van der Waals surface area contributed by atoms with Crippen molar-refractivity contribution in [3.05, 3.63) is 35.2 Å². The molecule has 1 amide bonds. The van der Waals surface area contributed by atoms with Gasteiger partial charge in [0.25, 0.3) is 0 Å². The van der Waals surface area contributed by atoms with Crippen LogP contribution in [-0.4, -0.2) is 30.8 Å². The molecule has 1 heterocycles. The van der Waals surface area contributed by atoms with E-state index in [9.17, 15) is 4.79 Å². The molecule has 0 aromatic heterocycles. The summed E-state index contributed by atoms with van der Waals surface area (Å²) in [6, 6.07) is 7.74. The van der Waals surface area contributed by atoms with Crippen LogP contribution in [0.2, 0.25) is 0 Å². The van der Waals surface area contributed by atoms with Crippen molar-refractivity contribution in [2.75, 3.05) is 19.0 Å². The van der Waals surface area contributed by atoms with Crippen LogP contribution < -0.4 is 16.2 Å². The predicted octanol–water partition coefficient (Wildman–Crippen LogP) is 2.18. The second-order valence-electron chi connectivity index (χ2n) is 4.90. The zero-order chi connectivity index (χ0) is 15.9. The van der Waals surface area contributed by atoms with Crippen molar-refractivity contribution < 1.29 is 9.53 Å². The largest absolute Gasteiger partial charge is 0.382 e. The van der Waals surface area contributed by atoms with E-state index >= 15 is 0 Å². The number of benzene rings is 1. The quantitative estimate of drug-likeness (QED) is 0.775. The molecule has 0 saturated carbocycles. The highest BCUT2D eigenvalue weighted by Crippen LogP contribution is 2.21. The highest BCUT2D eigenvalue weighted by Gasteiger charge is 2.11. The summed E-state index contributed by atoms with van der Waals surface area (Å²) in [5.41, 5.74) is 8.96. The average Bonchev–Trinajstić information content (AvgIpc) is 2.48. The lowest BCUT2D eigenvalue weighted by Crippen LogP contribution is -2.37. The first kappa shape index (κ1) is 16.4. The Morgan fingerprint density at radius 1 is 1.36 bits per heavy atom. The van der Waals surface area contributed by atoms with Crippen LogP contribution in [0.3, 0.4) is 0 Å². The number of thioether (sulfide) groups is 1. The maximum Gasteiger partial charge on any atom is 0.221 e. The number of nitrogens with zero attached hydrogens (tertiary/aromatic N) is 1. The summed E-state index contributed by atoms with van der Waals surface area (Å²) in [5, 5.41) is 5.56. The van der Waals surface area contributed by atoms with Gasteiger partial charge < -0.3 is 10.1 Å². The fourth-order valence-electron chi connectivity index (χ4n) is 1.91. The van der Waals surface area contributed by atoms with E-state index < -0.39 is 0 Å². The Labute approximate surface area is 134 Å². The van der Waals surface area contributed by atoms with Gasteiger partial charge in [-0.2, -0.15) is 0 Å². The number of aliphatic imine (C=N–C) groups is 1. The summed E-state index contributed by atoms with van der Waals surface area (Å²) in [4.78, 5) is 15.5. The number of carbonyl (C=O) groups is 1. The van der Waals surface area contributed by atoms with Crippen LogP contribution in [-0.2, 0) is 9.53 Å². The smallest absolute Gasteiger partial charge is 0.221 e. The Morgan fingerprint density at radius 3 is 2.64 bits per heavy atom. The van der Waals surface area contributed by atoms with E-state index in [2.05, 4.69) is 21.2 Å². The fourth-order valence-corrected chi connectivity index (χ4v) is 2.69.